The lowest BCUT2D eigenvalue weighted by atomic mass is 9.97. The van der Waals surface area contributed by atoms with Crippen LogP contribution in [0.5, 0.6) is 0 Å². The lowest BCUT2D eigenvalue weighted by molar-refractivity contribution is -0.130. The van der Waals surface area contributed by atoms with E-state index >= 15 is 0 Å². The second-order valence-electron chi connectivity index (χ2n) is 7.41. The smallest absolute Gasteiger partial charge is 0.238 e. The zero-order valence-electron chi connectivity index (χ0n) is 15.9. The van der Waals surface area contributed by atoms with Gasteiger partial charge in [-0.2, -0.15) is 10.5 Å². The summed E-state index contributed by atoms with van der Waals surface area (Å²) in [4.78, 5) is 20.9. The first-order valence-corrected chi connectivity index (χ1v) is 9.43. The number of nitrogens with one attached hydrogen (secondary N) is 1. The Hall–Kier alpha value is -2.32. The van der Waals surface area contributed by atoms with E-state index in [-0.39, 0.29) is 37.3 Å². The molecule has 1 unspecified atom stereocenters. The molecule has 1 N–H and O–H groups in total. The molecule has 0 spiro atoms. The Morgan fingerprint density at radius 2 is 1.93 bits per heavy atom. The Morgan fingerprint density at radius 1 is 1.21 bits per heavy atom. The number of carbonyl (C=O) groups is 1. The average Bonchev–Trinajstić information content (AvgIpc) is 3.28. The van der Waals surface area contributed by atoms with Crippen LogP contribution in [0.4, 0.5) is 5.82 Å². The molecule has 4 heterocycles. The van der Waals surface area contributed by atoms with Crippen LogP contribution in [-0.4, -0.2) is 53.0 Å². The Morgan fingerprint density at radius 3 is 2.52 bits per heavy atom. The first-order chi connectivity index (χ1) is 13.2. The minimum atomic E-state index is -0.431. The second-order valence-corrected chi connectivity index (χ2v) is 7.41. The van der Waals surface area contributed by atoms with Gasteiger partial charge in [0.05, 0.1) is 18.2 Å². The van der Waals surface area contributed by atoms with Gasteiger partial charge < -0.3 is 15.1 Å². The van der Waals surface area contributed by atoms with Crippen molar-refractivity contribution in [2.75, 3.05) is 18.0 Å². The standard InChI is InChI=1S/C20H22N6O.2ClH/c21-10-14-3-6-19(24-12-14)26-16-4-5-17(26)9-15(8-16)23-13-20(27)25-7-1-2-18(25)11-22;;/h1-3,6,12,15-18,23H,4-5,7-9,13H2;2*1H/t16-,17-,18?;;/m0../s1. The van der Waals surface area contributed by atoms with E-state index < -0.39 is 6.04 Å². The molecular formula is C20H24Cl2N6O. The van der Waals surface area contributed by atoms with E-state index in [1.54, 1.807) is 17.2 Å². The number of halogens is 2. The predicted molar refractivity (Wildman–Crippen MR) is 114 cm³/mol. The largest absolute Gasteiger partial charge is 0.351 e. The van der Waals surface area contributed by atoms with Crippen molar-refractivity contribution in [1.82, 2.24) is 15.2 Å². The number of pyridine rings is 1. The maximum Gasteiger partial charge on any atom is 0.238 e. The zero-order valence-corrected chi connectivity index (χ0v) is 17.5. The van der Waals surface area contributed by atoms with Gasteiger partial charge in [0.15, 0.2) is 0 Å². The van der Waals surface area contributed by atoms with Crippen molar-refractivity contribution in [3.8, 4) is 12.1 Å². The average molecular weight is 435 g/mol. The van der Waals surface area contributed by atoms with Crippen molar-refractivity contribution in [1.29, 1.82) is 10.5 Å². The number of nitriles is 2. The third-order valence-corrected chi connectivity index (χ3v) is 5.83. The van der Waals surface area contributed by atoms with E-state index in [0.29, 0.717) is 30.2 Å². The predicted octanol–water partition coefficient (Wildman–Crippen LogP) is 2.18. The Balaban J connectivity index is 0.00000150. The van der Waals surface area contributed by atoms with Crippen molar-refractivity contribution < 1.29 is 4.79 Å². The van der Waals surface area contributed by atoms with Gasteiger partial charge in [0.25, 0.3) is 0 Å². The number of hydrogen-bond donors (Lipinski definition) is 1. The van der Waals surface area contributed by atoms with Gasteiger partial charge in [-0.25, -0.2) is 4.98 Å². The Labute approximate surface area is 183 Å². The molecule has 3 atom stereocenters. The van der Waals surface area contributed by atoms with E-state index in [0.717, 1.165) is 31.5 Å². The Bertz CT molecular complexity index is 817. The summed E-state index contributed by atoms with van der Waals surface area (Å²) >= 11 is 0. The molecule has 1 aromatic heterocycles. The molecule has 0 radical (unpaired) electrons. The fourth-order valence-corrected chi connectivity index (χ4v) is 4.55. The fourth-order valence-electron chi connectivity index (χ4n) is 4.55. The van der Waals surface area contributed by atoms with Gasteiger partial charge >= 0.3 is 0 Å². The first kappa shape index (κ1) is 23.0. The number of rotatable bonds is 4. The number of amides is 1. The van der Waals surface area contributed by atoms with Crippen LogP contribution < -0.4 is 10.2 Å². The zero-order chi connectivity index (χ0) is 18.8. The number of hydrogen-bond acceptors (Lipinski definition) is 6. The van der Waals surface area contributed by atoms with Crippen LogP contribution in [0.2, 0.25) is 0 Å². The van der Waals surface area contributed by atoms with Gasteiger partial charge in [-0.1, -0.05) is 6.08 Å². The number of fused-ring (bicyclic) bond motifs is 2. The molecule has 9 heteroatoms. The van der Waals surface area contributed by atoms with Gasteiger partial charge in [0.2, 0.25) is 5.91 Å². The van der Waals surface area contributed by atoms with E-state index in [9.17, 15) is 4.79 Å². The maximum absolute atomic E-state index is 12.4. The molecule has 3 aliphatic rings. The molecule has 1 amide bonds. The van der Waals surface area contributed by atoms with Crippen LogP contribution in [0, 0.1) is 22.7 Å². The lowest BCUT2D eigenvalue weighted by Gasteiger charge is -2.40. The molecule has 2 saturated heterocycles. The summed E-state index contributed by atoms with van der Waals surface area (Å²) in [5.74, 6) is 0.922. The van der Waals surface area contributed by atoms with E-state index in [2.05, 4.69) is 27.3 Å². The van der Waals surface area contributed by atoms with E-state index in [1.807, 2.05) is 18.2 Å². The summed E-state index contributed by atoms with van der Waals surface area (Å²) in [7, 11) is 0. The lowest BCUT2D eigenvalue weighted by Crippen LogP contribution is -2.51. The van der Waals surface area contributed by atoms with Gasteiger partial charge in [-0.05, 0) is 43.9 Å². The molecule has 0 aliphatic carbocycles. The van der Waals surface area contributed by atoms with Crippen molar-refractivity contribution in [3.05, 3.63) is 36.0 Å². The molecule has 0 saturated carbocycles. The third kappa shape index (κ3) is 4.64. The SMILES string of the molecule is Cl.Cl.N#Cc1ccc(N2[C@H]3CC[C@H]2CC(NCC(=O)N2CC=CC2C#N)C3)nc1. The quantitative estimate of drug-likeness (QED) is 0.729. The van der Waals surface area contributed by atoms with Gasteiger partial charge in [0.1, 0.15) is 17.9 Å². The summed E-state index contributed by atoms with van der Waals surface area (Å²) in [6.07, 6.45) is 9.50. The van der Waals surface area contributed by atoms with E-state index in [1.165, 1.54) is 0 Å². The summed E-state index contributed by atoms with van der Waals surface area (Å²) in [6.45, 7) is 0.797. The number of anilines is 1. The van der Waals surface area contributed by atoms with Gasteiger partial charge in [0, 0.05) is 30.9 Å². The topological polar surface area (TPSA) is 96.0 Å². The van der Waals surface area contributed by atoms with Crippen LogP contribution in [0.1, 0.15) is 31.2 Å². The molecule has 2 bridgehead atoms. The van der Waals surface area contributed by atoms with Crippen LogP contribution in [0.15, 0.2) is 30.5 Å². The van der Waals surface area contributed by atoms with E-state index in [4.69, 9.17) is 10.5 Å². The minimum absolute atomic E-state index is 0. The van der Waals surface area contributed by atoms with Crippen LogP contribution >= 0.6 is 24.8 Å². The molecule has 1 aromatic rings. The summed E-state index contributed by atoms with van der Waals surface area (Å²) in [5, 5.41) is 21.5. The number of piperidine rings is 1. The van der Waals surface area contributed by atoms with Crippen LogP contribution in [0.25, 0.3) is 0 Å². The molecule has 2 fully saturated rings. The maximum atomic E-state index is 12.4. The molecule has 154 valence electrons. The first-order valence-electron chi connectivity index (χ1n) is 9.43. The van der Waals surface area contributed by atoms with Crippen molar-refractivity contribution in [3.63, 3.8) is 0 Å². The number of nitrogens with zero attached hydrogens (tertiary/aromatic N) is 5. The van der Waals surface area contributed by atoms with Crippen molar-refractivity contribution in [2.45, 2.75) is 49.9 Å². The molecule has 3 aliphatic heterocycles. The second kappa shape index (κ2) is 9.93. The number of carbonyl (C=O) groups excluding carboxylic acids is 1. The highest BCUT2D eigenvalue weighted by Crippen LogP contribution is 2.38. The van der Waals surface area contributed by atoms with Gasteiger partial charge in [-0.3, -0.25) is 4.79 Å². The Kier molecular flexibility index (Phi) is 7.87. The summed E-state index contributed by atoms with van der Waals surface area (Å²) < 4.78 is 0. The van der Waals surface area contributed by atoms with Crippen LogP contribution in [-0.2, 0) is 4.79 Å². The van der Waals surface area contributed by atoms with Gasteiger partial charge in [-0.15, -0.1) is 24.8 Å². The fraction of sp³-hybridized carbons (Fsp3) is 0.500. The number of aromatic nitrogens is 1. The summed E-state index contributed by atoms with van der Waals surface area (Å²) in [5.41, 5.74) is 0.577. The van der Waals surface area contributed by atoms with Crippen molar-refractivity contribution in [2.24, 2.45) is 0 Å². The molecular weight excluding hydrogens is 411 g/mol. The molecule has 0 aromatic carbocycles. The highest BCUT2D eigenvalue weighted by atomic mass is 35.5. The van der Waals surface area contributed by atoms with Crippen molar-refractivity contribution >= 4 is 36.5 Å². The summed E-state index contributed by atoms with van der Waals surface area (Å²) in [6, 6.07) is 8.71. The highest BCUT2D eigenvalue weighted by molar-refractivity contribution is 5.85. The molecule has 29 heavy (non-hydrogen) atoms. The normalized spacial score (nSPS) is 26.8. The minimum Gasteiger partial charge on any atom is -0.351 e. The van der Waals surface area contributed by atoms with Crippen LogP contribution in [0.3, 0.4) is 0 Å². The highest BCUT2D eigenvalue weighted by Gasteiger charge is 2.41. The molecule has 7 nitrogen and oxygen atoms in total. The monoisotopic (exact) mass is 434 g/mol. The third-order valence-electron chi connectivity index (χ3n) is 5.83. The molecule has 4 rings (SSSR count).